The van der Waals surface area contributed by atoms with Gasteiger partial charge in [-0.3, -0.25) is 4.79 Å². The van der Waals surface area contributed by atoms with Crippen LogP contribution in [0.25, 0.3) is 11.0 Å². The average molecular weight is 441 g/mol. The summed E-state index contributed by atoms with van der Waals surface area (Å²) >= 11 is 0. The van der Waals surface area contributed by atoms with Gasteiger partial charge in [0, 0.05) is 29.4 Å². The molecule has 170 valence electrons. The van der Waals surface area contributed by atoms with E-state index < -0.39 is 0 Å². The molecule has 1 aliphatic heterocycles. The van der Waals surface area contributed by atoms with Crippen LogP contribution in [-0.4, -0.2) is 37.7 Å². The molecule has 0 radical (unpaired) electrons. The van der Waals surface area contributed by atoms with E-state index >= 15 is 0 Å². The maximum Gasteiger partial charge on any atom is 0.170 e. The van der Waals surface area contributed by atoms with Crippen LogP contribution in [-0.2, 0) is 0 Å². The molecule has 0 spiro atoms. The number of aromatic nitrogens is 1. The highest BCUT2D eigenvalue weighted by Crippen LogP contribution is 2.37. The molecule has 1 aromatic heterocycles. The molecule has 7 heteroatoms. The number of methoxy groups -OCH3 is 1. The van der Waals surface area contributed by atoms with Crippen LogP contribution in [0, 0.1) is 11.7 Å². The minimum Gasteiger partial charge on any atom is -0.493 e. The number of nitrogens with one attached hydrogen (secondary N) is 1. The Hall–Kier alpha value is -2.93. The third-order valence-electron chi connectivity index (χ3n) is 6.20. The molecular formula is C25H29FN2O4. The maximum atomic E-state index is 13.5. The second-order valence-electron chi connectivity index (χ2n) is 8.20. The first-order valence-corrected chi connectivity index (χ1v) is 11.2. The van der Waals surface area contributed by atoms with E-state index in [9.17, 15) is 9.18 Å². The molecule has 1 saturated heterocycles. The summed E-state index contributed by atoms with van der Waals surface area (Å²) in [5.74, 6) is 1.62. The van der Waals surface area contributed by atoms with Crippen molar-refractivity contribution in [1.29, 1.82) is 0 Å². The number of fused-ring (bicyclic) bond motifs is 1. The van der Waals surface area contributed by atoms with Crippen molar-refractivity contribution in [3.8, 4) is 11.5 Å². The fraction of sp³-hybridized carbons (Fsp3) is 0.440. The summed E-state index contributed by atoms with van der Waals surface area (Å²) in [6.07, 6.45) is 3.25. The Bertz CT molecular complexity index is 1080. The van der Waals surface area contributed by atoms with Gasteiger partial charge >= 0.3 is 0 Å². The van der Waals surface area contributed by atoms with E-state index in [4.69, 9.17) is 14.0 Å². The standard InChI is InChI=1S/C25H29FN2O4/c1-3-21(29)16-6-9-22(24(13-16)30-2)31-12-4-5-17-15-27-11-10-19(17)25-20-8-7-18(26)14-23(20)32-28-25/h6-9,13-14,17,19,27H,3-5,10-12,15H2,1-2H3. The van der Waals surface area contributed by atoms with E-state index in [0.29, 0.717) is 41.6 Å². The van der Waals surface area contributed by atoms with Crippen molar-refractivity contribution in [2.75, 3.05) is 26.8 Å². The van der Waals surface area contributed by atoms with Crippen molar-refractivity contribution in [3.63, 3.8) is 0 Å². The number of hydrogen-bond acceptors (Lipinski definition) is 6. The summed E-state index contributed by atoms with van der Waals surface area (Å²) in [6, 6.07) is 9.93. The summed E-state index contributed by atoms with van der Waals surface area (Å²) < 4.78 is 30.3. The Balaban J connectivity index is 1.38. The van der Waals surface area contributed by atoms with Crippen LogP contribution in [0.1, 0.15) is 54.6 Å². The molecule has 1 aliphatic rings. The van der Waals surface area contributed by atoms with Gasteiger partial charge in [-0.05, 0) is 68.6 Å². The number of carbonyl (C=O) groups excluding carboxylic acids is 1. The minimum absolute atomic E-state index is 0.0776. The lowest BCUT2D eigenvalue weighted by atomic mass is 9.80. The predicted octanol–water partition coefficient (Wildman–Crippen LogP) is 5.12. The molecule has 6 nitrogen and oxygen atoms in total. The predicted molar refractivity (Wildman–Crippen MR) is 120 cm³/mol. The topological polar surface area (TPSA) is 73.6 Å². The van der Waals surface area contributed by atoms with Gasteiger partial charge in [-0.2, -0.15) is 0 Å². The quantitative estimate of drug-likeness (QED) is 0.368. The molecule has 32 heavy (non-hydrogen) atoms. The van der Waals surface area contributed by atoms with Crippen molar-refractivity contribution in [3.05, 3.63) is 53.5 Å². The van der Waals surface area contributed by atoms with Crippen molar-refractivity contribution in [2.45, 2.75) is 38.5 Å². The van der Waals surface area contributed by atoms with E-state index in [0.717, 1.165) is 43.4 Å². The van der Waals surface area contributed by atoms with Gasteiger partial charge in [-0.1, -0.05) is 12.1 Å². The summed E-state index contributed by atoms with van der Waals surface area (Å²) in [7, 11) is 1.58. The number of ketones is 1. The lowest BCUT2D eigenvalue weighted by Gasteiger charge is -2.31. The monoisotopic (exact) mass is 440 g/mol. The molecular weight excluding hydrogens is 411 g/mol. The minimum atomic E-state index is -0.318. The summed E-state index contributed by atoms with van der Waals surface area (Å²) in [6.45, 7) is 4.21. The Morgan fingerprint density at radius 1 is 1.25 bits per heavy atom. The van der Waals surface area contributed by atoms with Gasteiger partial charge in [0.15, 0.2) is 22.9 Å². The summed E-state index contributed by atoms with van der Waals surface area (Å²) in [5, 5.41) is 8.66. The Morgan fingerprint density at radius 2 is 2.12 bits per heavy atom. The van der Waals surface area contributed by atoms with E-state index in [1.165, 1.54) is 12.1 Å². The van der Waals surface area contributed by atoms with Crippen LogP contribution < -0.4 is 14.8 Å². The highest BCUT2D eigenvalue weighted by atomic mass is 19.1. The number of halogens is 1. The third-order valence-corrected chi connectivity index (χ3v) is 6.20. The molecule has 0 saturated carbocycles. The average Bonchev–Trinajstić information content (AvgIpc) is 3.24. The Morgan fingerprint density at radius 3 is 2.94 bits per heavy atom. The van der Waals surface area contributed by atoms with Crippen LogP contribution in [0.5, 0.6) is 11.5 Å². The first-order chi connectivity index (χ1) is 15.6. The first kappa shape index (κ1) is 22.3. The van der Waals surface area contributed by atoms with E-state index in [1.54, 1.807) is 31.4 Å². The van der Waals surface area contributed by atoms with Gasteiger partial charge in [-0.15, -0.1) is 0 Å². The second-order valence-corrected chi connectivity index (χ2v) is 8.20. The molecule has 0 bridgehead atoms. The molecule has 2 aromatic carbocycles. The van der Waals surface area contributed by atoms with Gasteiger partial charge in [0.2, 0.25) is 0 Å². The van der Waals surface area contributed by atoms with Crippen LogP contribution in [0.15, 0.2) is 40.9 Å². The van der Waals surface area contributed by atoms with Crippen LogP contribution >= 0.6 is 0 Å². The van der Waals surface area contributed by atoms with Gasteiger partial charge in [0.25, 0.3) is 0 Å². The number of hydrogen-bond donors (Lipinski definition) is 1. The Kier molecular flexibility index (Phi) is 7.05. The van der Waals surface area contributed by atoms with Gasteiger partial charge < -0.3 is 19.3 Å². The number of nitrogens with zero attached hydrogens (tertiary/aromatic N) is 1. The van der Waals surface area contributed by atoms with Crippen molar-refractivity contribution < 1.29 is 23.2 Å². The molecule has 0 amide bonds. The number of ether oxygens (including phenoxy) is 2. The van der Waals surface area contributed by atoms with Gasteiger partial charge in [0.1, 0.15) is 5.82 Å². The number of piperidine rings is 1. The summed E-state index contributed by atoms with van der Waals surface area (Å²) in [5.41, 5.74) is 2.05. The molecule has 4 rings (SSSR count). The molecule has 1 N–H and O–H groups in total. The molecule has 2 atom stereocenters. The van der Waals surface area contributed by atoms with Crippen molar-refractivity contribution in [1.82, 2.24) is 10.5 Å². The second kappa shape index (κ2) is 10.1. The molecule has 3 aromatic rings. The fourth-order valence-electron chi connectivity index (χ4n) is 4.48. The number of Topliss-reactive ketones (excluding diaryl/α,β-unsaturated/α-hetero) is 1. The van der Waals surface area contributed by atoms with Gasteiger partial charge in [-0.25, -0.2) is 4.39 Å². The lowest BCUT2D eigenvalue weighted by Crippen LogP contribution is -2.35. The largest absolute Gasteiger partial charge is 0.493 e. The van der Waals surface area contributed by atoms with Gasteiger partial charge in [0.05, 0.1) is 19.4 Å². The van der Waals surface area contributed by atoms with Crippen LogP contribution in [0.4, 0.5) is 4.39 Å². The molecule has 2 heterocycles. The maximum absolute atomic E-state index is 13.5. The Labute approximate surface area is 187 Å². The normalized spacial score (nSPS) is 18.6. The fourth-order valence-corrected chi connectivity index (χ4v) is 4.48. The molecule has 0 aliphatic carbocycles. The van der Waals surface area contributed by atoms with E-state index in [1.807, 2.05) is 6.92 Å². The number of benzene rings is 2. The van der Waals surface area contributed by atoms with E-state index in [-0.39, 0.29) is 17.5 Å². The third kappa shape index (κ3) is 4.78. The van der Waals surface area contributed by atoms with E-state index in [2.05, 4.69) is 10.5 Å². The highest BCUT2D eigenvalue weighted by Gasteiger charge is 2.30. The smallest absolute Gasteiger partial charge is 0.170 e. The summed E-state index contributed by atoms with van der Waals surface area (Å²) in [4.78, 5) is 11.9. The number of carbonyl (C=O) groups is 1. The zero-order valence-corrected chi connectivity index (χ0v) is 18.5. The highest BCUT2D eigenvalue weighted by molar-refractivity contribution is 5.96. The van der Waals surface area contributed by atoms with Crippen molar-refractivity contribution >= 4 is 16.8 Å². The van der Waals surface area contributed by atoms with Crippen LogP contribution in [0.2, 0.25) is 0 Å². The molecule has 2 unspecified atom stereocenters. The first-order valence-electron chi connectivity index (χ1n) is 11.2. The van der Waals surface area contributed by atoms with Crippen LogP contribution in [0.3, 0.4) is 0 Å². The zero-order chi connectivity index (χ0) is 22.5. The van der Waals surface area contributed by atoms with Crippen molar-refractivity contribution in [2.24, 2.45) is 5.92 Å². The molecule has 1 fully saturated rings. The SMILES string of the molecule is CCC(=O)c1ccc(OCCCC2CNCCC2c2noc3cc(F)ccc23)c(OC)c1. The zero-order valence-electron chi connectivity index (χ0n) is 18.5. The lowest BCUT2D eigenvalue weighted by molar-refractivity contribution is 0.0987. The number of rotatable bonds is 9.